The van der Waals surface area contributed by atoms with Crippen LogP contribution in [0.1, 0.15) is 17.2 Å². The zero-order valence-electron chi connectivity index (χ0n) is 31.1. The number of rotatable bonds is 5. The minimum absolute atomic E-state index is 0.0944. The third kappa shape index (κ3) is 4.89. The highest BCUT2D eigenvalue weighted by Gasteiger charge is 2.36. The summed E-state index contributed by atoms with van der Waals surface area (Å²) in [7, 11) is 0. The highest BCUT2D eigenvalue weighted by atomic mass is 15.0. The van der Waals surface area contributed by atoms with E-state index in [-0.39, 0.29) is 6.04 Å². The van der Waals surface area contributed by atoms with Gasteiger partial charge >= 0.3 is 0 Å². The van der Waals surface area contributed by atoms with Crippen LogP contribution >= 0.6 is 0 Å². The normalized spacial score (nSPS) is 12.5. The molecule has 0 saturated heterocycles. The van der Waals surface area contributed by atoms with Crippen molar-refractivity contribution < 1.29 is 4.57 Å². The smallest absolute Gasteiger partial charge is 0.210 e. The van der Waals surface area contributed by atoms with Crippen molar-refractivity contribution in [1.29, 1.82) is 0 Å². The van der Waals surface area contributed by atoms with Gasteiger partial charge in [0, 0.05) is 56.2 Å². The van der Waals surface area contributed by atoms with Crippen LogP contribution in [-0.4, -0.2) is 9.13 Å². The molecule has 0 spiro atoms. The minimum Gasteiger partial charge on any atom is -0.309 e. The van der Waals surface area contributed by atoms with Crippen LogP contribution in [0, 0.1) is 0 Å². The number of aromatic nitrogens is 3. The van der Waals surface area contributed by atoms with Crippen molar-refractivity contribution in [2.24, 2.45) is 0 Å². The lowest BCUT2D eigenvalue weighted by Gasteiger charge is -2.10. The molecule has 12 rings (SSSR count). The van der Waals surface area contributed by atoms with Crippen molar-refractivity contribution >= 4 is 43.6 Å². The second kappa shape index (κ2) is 12.5. The molecule has 0 bridgehead atoms. The quantitative estimate of drug-likeness (QED) is 0.157. The van der Waals surface area contributed by atoms with Crippen molar-refractivity contribution in [3.63, 3.8) is 0 Å². The fourth-order valence-corrected chi connectivity index (χ4v) is 9.50. The largest absolute Gasteiger partial charge is 0.309 e. The van der Waals surface area contributed by atoms with Crippen LogP contribution < -0.4 is 4.57 Å². The number of fused-ring (bicyclic) bond motifs is 9. The second-order valence-electron chi connectivity index (χ2n) is 15.2. The molecular formula is C54H36N3+. The van der Waals surface area contributed by atoms with Gasteiger partial charge in [0.15, 0.2) is 12.4 Å². The zero-order valence-corrected chi connectivity index (χ0v) is 31.1. The van der Waals surface area contributed by atoms with Gasteiger partial charge in [-0.3, -0.25) is 0 Å². The summed E-state index contributed by atoms with van der Waals surface area (Å²) in [5, 5.41) is 5.05. The molecule has 0 amide bonds. The second-order valence-corrected chi connectivity index (χ2v) is 15.2. The fraction of sp³-hybridized carbons (Fsp3) is 0.0185. The van der Waals surface area contributed by atoms with Gasteiger partial charge in [0.05, 0.1) is 22.1 Å². The molecular weight excluding hydrogens is 691 g/mol. The molecule has 0 atom stereocenters. The van der Waals surface area contributed by atoms with Crippen LogP contribution in [0.2, 0.25) is 0 Å². The number of hydrogen-bond acceptors (Lipinski definition) is 0. The van der Waals surface area contributed by atoms with Gasteiger partial charge in [0.1, 0.15) is 0 Å². The van der Waals surface area contributed by atoms with E-state index in [1.54, 1.807) is 0 Å². The molecule has 0 saturated carbocycles. The minimum atomic E-state index is 0.0944. The Kier molecular flexibility index (Phi) is 6.99. The Labute approximate surface area is 330 Å². The van der Waals surface area contributed by atoms with Crippen LogP contribution in [0.5, 0.6) is 0 Å². The van der Waals surface area contributed by atoms with Crippen LogP contribution in [0.3, 0.4) is 0 Å². The number of para-hydroxylation sites is 4. The first kappa shape index (κ1) is 31.8. The van der Waals surface area contributed by atoms with Gasteiger partial charge in [0.2, 0.25) is 6.04 Å². The monoisotopic (exact) mass is 726 g/mol. The predicted molar refractivity (Wildman–Crippen MR) is 235 cm³/mol. The maximum Gasteiger partial charge on any atom is 0.210 e. The third-order valence-electron chi connectivity index (χ3n) is 12.1. The van der Waals surface area contributed by atoms with Crippen LogP contribution in [0.4, 0.5) is 0 Å². The van der Waals surface area contributed by atoms with E-state index in [0.29, 0.717) is 0 Å². The number of nitrogens with zero attached hydrogens (tertiary/aromatic N) is 3. The molecule has 1 aliphatic rings. The number of pyridine rings is 1. The maximum absolute atomic E-state index is 2.43. The summed E-state index contributed by atoms with van der Waals surface area (Å²) in [6, 6.07) is 73.5. The van der Waals surface area contributed by atoms with Gasteiger partial charge in [-0.15, -0.1) is 0 Å². The van der Waals surface area contributed by atoms with Crippen LogP contribution in [0.15, 0.2) is 213 Å². The van der Waals surface area contributed by atoms with Crippen molar-refractivity contribution in [3.05, 3.63) is 224 Å². The SMILES string of the molecule is c1ccc(-n2c3ccccc3c3cc(-c4ccc5c(c4)-c4cc(-c6ccc7c(c6)c6ccccc6n7-c6ccccc6)ccc4C5[n+]4ccccc4)ccc32)cc1. The molecule has 1 aliphatic carbocycles. The van der Waals surface area contributed by atoms with Gasteiger partial charge in [-0.2, -0.15) is 4.57 Å². The summed E-state index contributed by atoms with van der Waals surface area (Å²) >= 11 is 0. The summed E-state index contributed by atoms with van der Waals surface area (Å²) < 4.78 is 7.11. The molecule has 11 aromatic rings. The molecule has 3 heteroatoms. The third-order valence-corrected chi connectivity index (χ3v) is 12.1. The molecule has 0 radical (unpaired) electrons. The van der Waals surface area contributed by atoms with E-state index in [1.807, 2.05) is 0 Å². The first-order valence-corrected chi connectivity index (χ1v) is 19.7. The molecule has 266 valence electrons. The van der Waals surface area contributed by atoms with E-state index in [0.717, 1.165) is 0 Å². The van der Waals surface area contributed by atoms with E-state index in [1.165, 1.54) is 99.5 Å². The average Bonchev–Trinajstić information content (AvgIpc) is 3.92. The zero-order chi connectivity index (χ0) is 37.5. The van der Waals surface area contributed by atoms with Crippen LogP contribution in [0.25, 0.3) is 88.4 Å². The van der Waals surface area contributed by atoms with Crippen molar-refractivity contribution in [3.8, 4) is 44.8 Å². The Morgan fingerprint density at radius 2 is 0.702 bits per heavy atom. The summed E-state index contributed by atoms with van der Waals surface area (Å²) in [6.07, 6.45) is 4.39. The van der Waals surface area contributed by atoms with Gasteiger partial charge < -0.3 is 9.13 Å². The molecule has 3 heterocycles. The van der Waals surface area contributed by atoms with E-state index in [2.05, 4.69) is 226 Å². The van der Waals surface area contributed by atoms with E-state index < -0.39 is 0 Å². The molecule has 0 N–H and O–H groups in total. The van der Waals surface area contributed by atoms with Crippen LogP contribution in [-0.2, 0) is 0 Å². The molecule has 3 aromatic heterocycles. The van der Waals surface area contributed by atoms with Crippen molar-refractivity contribution in [2.45, 2.75) is 6.04 Å². The molecule has 8 aromatic carbocycles. The van der Waals surface area contributed by atoms with Crippen molar-refractivity contribution in [1.82, 2.24) is 9.13 Å². The lowest BCUT2D eigenvalue weighted by atomic mass is 9.95. The van der Waals surface area contributed by atoms with E-state index in [4.69, 9.17) is 0 Å². The Bertz CT molecular complexity index is 3130. The van der Waals surface area contributed by atoms with E-state index >= 15 is 0 Å². The lowest BCUT2D eigenvalue weighted by Crippen LogP contribution is -2.38. The Morgan fingerprint density at radius 3 is 1.19 bits per heavy atom. The van der Waals surface area contributed by atoms with Gasteiger partial charge in [-0.25, -0.2) is 0 Å². The summed E-state index contributed by atoms with van der Waals surface area (Å²) in [6.45, 7) is 0. The Morgan fingerprint density at radius 1 is 0.316 bits per heavy atom. The standard InChI is InChI=1S/C54H36N3/c1-4-14-40(15-5-1)56-50-20-10-8-18-42(50)48-34-38(24-28-52(48)56)36-22-26-44-46(32-36)47-33-37(23-27-45(47)54(44)55-30-12-3-13-31-55)39-25-29-53-49(35-39)43-19-9-11-21-51(43)57(53)41-16-6-2-7-17-41/h1-35,54H/q+1. The molecule has 3 nitrogen and oxygen atoms in total. The molecule has 0 aliphatic heterocycles. The maximum atomic E-state index is 2.43. The molecule has 0 unspecified atom stereocenters. The highest BCUT2D eigenvalue weighted by molar-refractivity contribution is 6.11. The predicted octanol–water partition coefficient (Wildman–Crippen LogP) is 13.1. The highest BCUT2D eigenvalue weighted by Crippen LogP contribution is 2.47. The summed E-state index contributed by atoms with van der Waals surface area (Å²) in [5.74, 6) is 0. The topological polar surface area (TPSA) is 13.7 Å². The average molecular weight is 727 g/mol. The molecule has 57 heavy (non-hydrogen) atoms. The summed E-state index contributed by atoms with van der Waals surface area (Å²) in [5.41, 5.74) is 17.3. The van der Waals surface area contributed by atoms with Crippen molar-refractivity contribution in [2.75, 3.05) is 0 Å². The lowest BCUT2D eigenvalue weighted by molar-refractivity contribution is -0.704. The van der Waals surface area contributed by atoms with Gasteiger partial charge in [-0.05, 0) is 106 Å². The summed E-state index contributed by atoms with van der Waals surface area (Å²) in [4.78, 5) is 0. The first-order valence-electron chi connectivity index (χ1n) is 19.7. The first-order chi connectivity index (χ1) is 28.3. The van der Waals surface area contributed by atoms with E-state index in [9.17, 15) is 0 Å². The fourth-order valence-electron chi connectivity index (χ4n) is 9.50. The Hall–Kier alpha value is -7.49. The van der Waals surface area contributed by atoms with Gasteiger partial charge in [-0.1, -0.05) is 115 Å². The Balaban J connectivity index is 1.02. The number of hydrogen-bond donors (Lipinski definition) is 0. The van der Waals surface area contributed by atoms with Gasteiger partial charge in [0.25, 0.3) is 0 Å². The number of benzene rings is 8. The molecule has 0 fully saturated rings.